The number of amides is 1. The Labute approximate surface area is 190 Å². The number of hydrogen-bond acceptors (Lipinski definition) is 5. The molecule has 0 aliphatic rings. The number of hydrogen-bond donors (Lipinski definition) is 2. The molecule has 31 heavy (non-hydrogen) atoms. The molecule has 9 heteroatoms. The summed E-state index contributed by atoms with van der Waals surface area (Å²) in [5.74, 6) is -1.88. The predicted octanol–water partition coefficient (Wildman–Crippen LogP) is 5.64. The number of aromatic carboxylic acids is 1. The van der Waals surface area contributed by atoms with E-state index in [1.54, 1.807) is 36.4 Å². The molecule has 0 fully saturated rings. The Balaban J connectivity index is 1.78. The maximum atomic E-state index is 12.0. The number of nitrogens with zero attached hydrogens (tertiary/aromatic N) is 2. The van der Waals surface area contributed by atoms with E-state index in [0.29, 0.717) is 37.4 Å². The zero-order chi connectivity index (χ0) is 22.1. The topological polar surface area (TPSA) is 106 Å². The molecule has 1 amide bonds. The minimum Gasteiger partial charge on any atom is -0.478 e. The van der Waals surface area contributed by atoms with E-state index in [0.717, 1.165) is 5.56 Å². The molecule has 0 atom stereocenters. The van der Waals surface area contributed by atoms with Gasteiger partial charge in [0, 0.05) is 28.3 Å². The van der Waals surface area contributed by atoms with Gasteiger partial charge in [-0.2, -0.15) is 0 Å². The zero-order valence-corrected chi connectivity index (χ0v) is 18.0. The molecular weight excluding hydrogens is 457 g/mol. The molecule has 6 nitrogen and oxygen atoms in total. The maximum Gasteiger partial charge on any atom is 0.336 e. The van der Waals surface area contributed by atoms with Crippen molar-refractivity contribution in [1.29, 1.82) is 0 Å². The number of halogens is 2. The average molecular weight is 470 g/mol. The summed E-state index contributed by atoms with van der Waals surface area (Å²) in [6.07, 6.45) is 1.43. The quantitative estimate of drug-likeness (QED) is 0.393. The summed E-state index contributed by atoms with van der Waals surface area (Å²) in [5.41, 5.74) is 8.25. The third kappa shape index (κ3) is 4.16. The van der Waals surface area contributed by atoms with Crippen LogP contribution in [0.2, 0.25) is 10.0 Å². The standard InChI is InChI=1S/C22H13Cl2N3O3S/c23-16-6-4-11(9-17(16)24)18-10-31-21(27-18)12-3-5-13(15(8-12)22(29)30)14-2-1-7-26-19(14)20(25)28/h1-10H,(H2,25,28)(H,29,30). The predicted molar refractivity (Wildman–Crippen MR) is 122 cm³/mol. The maximum absolute atomic E-state index is 12.0. The van der Waals surface area contributed by atoms with Crippen LogP contribution in [0.4, 0.5) is 0 Å². The van der Waals surface area contributed by atoms with Gasteiger partial charge in [0.1, 0.15) is 10.7 Å². The van der Waals surface area contributed by atoms with Gasteiger partial charge in [0.15, 0.2) is 0 Å². The van der Waals surface area contributed by atoms with Crippen LogP contribution < -0.4 is 5.73 Å². The van der Waals surface area contributed by atoms with Crippen molar-refractivity contribution >= 4 is 46.4 Å². The Morgan fingerprint density at radius 2 is 1.74 bits per heavy atom. The summed E-state index contributed by atoms with van der Waals surface area (Å²) in [5, 5.41) is 13.2. The van der Waals surface area contributed by atoms with Crippen LogP contribution in [0.1, 0.15) is 20.8 Å². The summed E-state index contributed by atoms with van der Waals surface area (Å²) < 4.78 is 0. The molecule has 2 heterocycles. The summed E-state index contributed by atoms with van der Waals surface area (Å²) in [6.45, 7) is 0. The van der Waals surface area contributed by atoms with Gasteiger partial charge in [-0.3, -0.25) is 9.78 Å². The highest BCUT2D eigenvalue weighted by Crippen LogP contribution is 2.35. The Hall–Kier alpha value is -3.26. The molecule has 0 radical (unpaired) electrons. The van der Waals surface area contributed by atoms with Crippen molar-refractivity contribution in [1.82, 2.24) is 9.97 Å². The molecule has 4 rings (SSSR count). The van der Waals surface area contributed by atoms with Crippen LogP contribution in [0, 0.1) is 0 Å². The van der Waals surface area contributed by atoms with Crippen molar-refractivity contribution in [3.63, 3.8) is 0 Å². The van der Waals surface area contributed by atoms with Crippen molar-refractivity contribution in [3.8, 4) is 33.0 Å². The smallest absolute Gasteiger partial charge is 0.336 e. The van der Waals surface area contributed by atoms with Gasteiger partial charge < -0.3 is 10.8 Å². The van der Waals surface area contributed by atoms with Crippen molar-refractivity contribution in [3.05, 3.63) is 81.4 Å². The van der Waals surface area contributed by atoms with Gasteiger partial charge in [-0.1, -0.05) is 47.5 Å². The van der Waals surface area contributed by atoms with Crippen LogP contribution in [0.15, 0.2) is 60.1 Å². The van der Waals surface area contributed by atoms with E-state index in [1.807, 2.05) is 11.4 Å². The SMILES string of the molecule is NC(=O)c1ncccc1-c1ccc(-c2nc(-c3ccc(Cl)c(Cl)c3)cs2)cc1C(=O)O. The first-order valence-electron chi connectivity index (χ1n) is 8.89. The monoisotopic (exact) mass is 469 g/mol. The lowest BCUT2D eigenvalue weighted by Gasteiger charge is -2.10. The molecule has 3 N–H and O–H groups in total. The number of primary amides is 1. The molecule has 4 aromatic rings. The molecule has 0 spiro atoms. The Bertz CT molecular complexity index is 1340. The fraction of sp³-hybridized carbons (Fsp3) is 0. The largest absolute Gasteiger partial charge is 0.478 e. The first-order chi connectivity index (χ1) is 14.8. The van der Waals surface area contributed by atoms with Crippen LogP contribution in [-0.2, 0) is 0 Å². The molecule has 0 aliphatic heterocycles. The molecule has 0 saturated carbocycles. The van der Waals surface area contributed by atoms with Gasteiger partial charge in [0.2, 0.25) is 0 Å². The highest BCUT2D eigenvalue weighted by Gasteiger charge is 2.19. The third-order valence-corrected chi connectivity index (χ3v) is 6.18. The molecule has 2 aromatic heterocycles. The Morgan fingerprint density at radius 1 is 0.968 bits per heavy atom. The van der Waals surface area contributed by atoms with Gasteiger partial charge in [0.25, 0.3) is 5.91 Å². The van der Waals surface area contributed by atoms with Crippen molar-refractivity contribution < 1.29 is 14.7 Å². The molecule has 0 saturated heterocycles. The normalized spacial score (nSPS) is 10.8. The van der Waals surface area contributed by atoms with E-state index in [2.05, 4.69) is 9.97 Å². The average Bonchev–Trinajstić information content (AvgIpc) is 3.25. The summed E-state index contributed by atoms with van der Waals surface area (Å²) >= 11 is 13.4. The zero-order valence-electron chi connectivity index (χ0n) is 15.7. The van der Waals surface area contributed by atoms with Crippen LogP contribution in [0.3, 0.4) is 0 Å². The Kier molecular flexibility index (Phi) is 5.73. The number of thiazole rings is 1. The molecular formula is C22H13Cl2N3O3S. The number of pyridine rings is 1. The second-order valence-electron chi connectivity index (χ2n) is 6.50. The van der Waals surface area contributed by atoms with E-state index >= 15 is 0 Å². The molecule has 0 aliphatic carbocycles. The number of carboxylic acids is 1. The number of nitrogens with two attached hydrogens (primary N) is 1. The number of carbonyl (C=O) groups excluding carboxylic acids is 1. The van der Waals surface area contributed by atoms with Crippen molar-refractivity contribution in [2.24, 2.45) is 5.73 Å². The second-order valence-corrected chi connectivity index (χ2v) is 8.17. The van der Waals surface area contributed by atoms with Crippen LogP contribution >= 0.6 is 34.5 Å². The van der Waals surface area contributed by atoms with Gasteiger partial charge >= 0.3 is 5.97 Å². The van der Waals surface area contributed by atoms with Gasteiger partial charge in [-0.05, 0) is 29.8 Å². The first-order valence-corrected chi connectivity index (χ1v) is 10.5. The number of rotatable bonds is 5. The van der Waals surface area contributed by atoms with Gasteiger partial charge in [0.05, 0.1) is 21.3 Å². The fourth-order valence-corrected chi connectivity index (χ4v) is 4.23. The van der Waals surface area contributed by atoms with Gasteiger partial charge in [-0.25, -0.2) is 9.78 Å². The molecule has 0 bridgehead atoms. The number of carbonyl (C=O) groups is 2. The molecule has 2 aromatic carbocycles. The minimum absolute atomic E-state index is 0.00824. The highest BCUT2D eigenvalue weighted by molar-refractivity contribution is 7.13. The van der Waals surface area contributed by atoms with E-state index in [-0.39, 0.29) is 11.3 Å². The van der Waals surface area contributed by atoms with E-state index in [4.69, 9.17) is 28.9 Å². The number of aromatic nitrogens is 2. The number of benzene rings is 2. The molecule has 154 valence electrons. The van der Waals surface area contributed by atoms with E-state index in [9.17, 15) is 14.7 Å². The highest BCUT2D eigenvalue weighted by atomic mass is 35.5. The second kappa shape index (κ2) is 8.47. The first kappa shape index (κ1) is 21.0. The minimum atomic E-state index is -1.14. The van der Waals surface area contributed by atoms with Crippen molar-refractivity contribution in [2.75, 3.05) is 0 Å². The Morgan fingerprint density at radius 3 is 2.45 bits per heavy atom. The lowest BCUT2D eigenvalue weighted by atomic mass is 9.96. The molecule has 0 unspecified atom stereocenters. The summed E-state index contributed by atoms with van der Waals surface area (Å²) in [7, 11) is 0. The van der Waals surface area contributed by atoms with E-state index < -0.39 is 11.9 Å². The van der Waals surface area contributed by atoms with Crippen LogP contribution in [0.25, 0.3) is 33.0 Å². The van der Waals surface area contributed by atoms with E-state index in [1.165, 1.54) is 23.6 Å². The lowest BCUT2D eigenvalue weighted by molar-refractivity contribution is 0.0697. The van der Waals surface area contributed by atoms with Crippen LogP contribution in [0.5, 0.6) is 0 Å². The van der Waals surface area contributed by atoms with Gasteiger partial charge in [-0.15, -0.1) is 11.3 Å². The van der Waals surface area contributed by atoms with Crippen LogP contribution in [-0.4, -0.2) is 27.0 Å². The summed E-state index contributed by atoms with van der Waals surface area (Å²) in [6, 6.07) is 13.4. The third-order valence-electron chi connectivity index (χ3n) is 4.55. The lowest BCUT2D eigenvalue weighted by Crippen LogP contribution is -2.15. The summed E-state index contributed by atoms with van der Waals surface area (Å²) in [4.78, 5) is 32.3. The number of carboxylic acid groups (broad SMARTS) is 1. The van der Waals surface area contributed by atoms with Crippen molar-refractivity contribution in [2.45, 2.75) is 0 Å². The fourth-order valence-electron chi connectivity index (χ4n) is 3.10.